The van der Waals surface area contributed by atoms with Crippen molar-refractivity contribution in [1.29, 1.82) is 0 Å². The largest absolute Gasteiger partial charge is 0.497 e. The number of methoxy groups -OCH3 is 2. The molecule has 0 radical (unpaired) electrons. The molecule has 1 fully saturated rings. The molecule has 0 saturated carbocycles. The van der Waals surface area contributed by atoms with Crippen LogP contribution in [-0.4, -0.2) is 49.2 Å². The Hall–Kier alpha value is -2.50. The van der Waals surface area contributed by atoms with Crippen molar-refractivity contribution >= 4 is 18.0 Å². The minimum absolute atomic E-state index is 0.126. The zero-order chi connectivity index (χ0) is 16.8. The lowest BCUT2D eigenvalue weighted by Gasteiger charge is -2.29. The molecule has 0 spiro atoms. The van der Waals surface area contributed by atoms with Gasteiger partial charge in [0.05, 0.1) is 20.1 Å². The number of benzene rings is 1. The van der Waals surface area contributed by atoms with Crippen LogP contribution in [-0.2, 0) is 9.59 Å². The van der Waals surface area contributed by atoms with Crippen molar-refractivity contribution in [2.24, 2.45) is 5.92 Å². The van der Waals surface area contributed by atoms with Gasteiger partial charge in [-0.15, -0.1) is 0 Å². The molecule has 1 aliphatic rings. The Balaban J connectivity index is 2.03. The van der Waals surface area contributed by atoms with Gasteiger partial charge in [-0.25, -0.2) is 0 Å². The number of rotatable bonds is 5. The van der Waals surface area contributed by atoms with E-state index in [9.17, 15) is 9.59 Å². The Labute approximate surface area is 135 Å². The molecule has 6 heteroatoms. The van der Waals surface area contributed by atoms with Crippen molar-refractivity contribution in [3.05, 3.63) is 29.8 Å². The highest BCUT2D eigenvalue weighted by atomic mass is 16.5. The molecule has 1 amide bonds. The van der Waals surface area contributed by atoms with Crippen LogP contribution in [0.15, 0.2) is 24.3 Å². The fourth-order valence-electron chi connectivity index (χ4n) is 2.58. The predicted molar refractivity (Wildman–Crippen MR) is 85.5 cm³/mol. The first kappa shape index (κ1) is 16.9. The van der Waals surface area contributed by atoms with E-state index in [0.717, 1.165) is 5.56 Å². The second-order valence-electron chi connectivity index (χ2n) is 5.38. The summed E-state index contributed by atoms with van der Waals surface area (Å²) in [6, 6.07) is 5.36. The van der Waals surface area contributed by atoms with Crippen molar-refractivity contribution < 1.29 is 24.2 Å². The quantitative estimate of drug-likeness (QED) is 0.841. The van der Waals surface area contributed by atoms with Gasteiger partial charge in [0.1, 0.15) is 11.5 Å². The summed E-state index contributed by atoms with van der Waals surface area (Å²) in [4.78, 5) is 24.8. The zero-order valence-corrected chi connectivity index (χ0v) is 13.3. The molecule has 0 bridgehead atoms. The summed E-state index contributed by atoms with van der Waals surface area (Å²) < 4.78 is 10.4. The molecule has 0 unspecified atom stereocenters. The average molecular weight is 319 g/mol. The highest BCUT2D eigenvalue weighted by molar-refractivity contribution is 5.92. The zero-order valence-electron chi connectivity index (χ0n) is 13.3. The second-order valence-corrected chi connectivity index (χ2v) is 5.38. The summed E-state index contributed by atoms with van der Waals surface area (Å²) in [6.07, 6.45) is 4.17. The van der Waals surface area contributed by atoms with Crippen molar-refractivity contribution in [1.82, 2.24) is 4.90 Å². The molecular formula is C17H21NO5. The Morgan fingerprint density at radius 3 is 2.48 bits per heavy atom. The Kier molecular flexibility index (Phi) is 5.62. The fourth-order valence-corrected chi connectivity index (χ4v) is 2.58. The molecule has 1 heterocycles. The number of hydrogen-bond donors (Lipinski definition) is 1. The van der Waals surface area contributed by atoms with Gasteiger partial charge >= 0.3 is 5.97 Å². The number of aliphatic carboxylic acids is 1. The molecule has 2 rings (SSSR count). The number of carbonyl (C=O) groups is 2. The van der Waals surface area contributed by atoms with Gasteiger partial charge in [0.25, 0.3) is 0 Å². The summed E-state index contributed by atoms with van der Waals surface area (Å²) in [5.41, 5.74) is 0.751. The van der Waals surface area contributed by atoms with Crippen molar-refractivity contribution in [3.8, 4) is 11.5 Å². The molecule has 1 aliphatic heterocycles. The topological polar surface area (TPSA) is 76.1 Å². The first-order chi connectivity index (χ1) is 11.0. The Morgan fingerprint density at radius 2 is 1.91 bits per heavy atom. The van der Waals surface area contributed by atoms with E-state index < -0.39 is 5.97 Å². The van der Waals surface area contributed by atoms with Gasteiger partial charge in [-0.2, -0.15) is 0 Å². The molecule has 0 aliphatic carbocycles. The van der Waals surface area contributed by atoms with Gasteiger partial charge < -0.3 is 19.5 Å². The van der Waals surface area contributed by atoms with E-state index >= 15 is 0 Å². The average Bonchev–Trinajstić information content (AvgIpc) is 2.59. The molecule has 0 aromatic heterocycles. The Morgan fingerprint density at radius 1 is 1.22 bits per heavy atom. The van der Waals surface area contributed by atoms with E-state index in [2.05, 4.69) is 0 Å². The highest BCUT2D eigenvalue weighted by Gasteiger charge is 2.25. The molecule has 1 saturated heterocycles. The summed E-state index contributed by atoms with van der Waals surface area (Å²) in [7, 11) is 3.14. The van der Waals surface area contributed by atoms with E-state index in [-0.39, 0.29) is 11.8 Å². The molecule has 124 valence electrons. The number of carboxylic acids is 1. The molecule has 6 nitrogen and oxygen atoms in total. The van der Waals surface area contributed by atoms with Gasteiger partial charge in [-0.05, 0) is 37.1 Å². The third-order valence-corrected chi connectivity index (χ3v) is 4.00. The van der Waals surface area contributed by atoms with Gasteiger partial charge in [0.15, 0.2) is 0 Å². The molecule has 1 aromatic carbocycles. The monoisotopic (exact) mass is 319 g/mol. The van der Waals surface area contributed by atoms with Gasteiger partial charge in [-0.1, -0.05) is 0 Å². The van der Waals surface area contributed by atoms with E-state index in [1.807, 2.05) is 0 Å². The van der Waals surface area contributed by atoms with Crippen LogP contribution in [0, 0.1) is 5.92 Å². The minimum atomic E-state index is -0.784. The number of carbonyl (C=O) groups excluding carboxylic acids is 1. The van der Waals surface area contributed by atoms with E-state index in [1.54, 1.807) is 43.4 Å². The summed E-state index contributed by atoms with van der Waals surface area (Å²) in [5.74, 6) is 0.0774. The van der Waals surface area contributed by atoms with Gasteiger partial charge in [0.2, 0.25) is 5.91 Å². The maximum Gasteiger partial charge on any atom is 0.306 e. The van der Waals surface area contributed by atoms with Gasteiger partial charge in [0, 0.05) is 24.7 Å². The summed E-state index contributed by atoms with van der Waals surface area (Å²) >= 11 is 0. The Bertz CT molecular complexity index is 603. The predicted octanol–water partition coefficient (Wildman–Crippen LogP) is 2.04. The van der Waals surface area contributed by atoms with Gasteiger partial charge in [-0.3, -0.25) is 9.59 Å². The maximum atomic E-state index is 12.2. The number of carboxylic acid groups (broad SMARTS) is 1. The van der Waals surface area contributed by atoms with E-state index in [0.29, 0.717) is 37.4 Å². The standard InChI is InChI=1S/C17H21NO5/c1-22-14-4-5-15(23-2)13(11-14)3-6-16(19)18-9-7-12(8-10-18)17(20)21/h3-6,11-12H,7-10H2,1-2H3,(H,20,21)/b6-3+. The smallest absolute Gasteiger partial charge is 0.306 e. The normalized spacial score (nSPS) is 15.7. The summed E-state index contributed by atoms with van der Waals surface area (Å²) in [6.45, 7) is 0.935. The lowest BCUT2D eigenvalue weighted by molar-refractivity contribution is -0.144. The van der Waals surface area contributed by atoms with Crippen molar-refractivity contribution in [3.63, 3.8) is 0 Å². The number of ether oxygens (including phenoxy) is 2. The fraction of sp³-hybridized carbons (Fsp3) is 0.412. The number of hydrogen-bond acceptors (Lipinski definition) is 4. The highest BCUT2D eigenvalue weighted by Crippen LogP contribution is 2.25. The molecule has 1 aromatic rings. The first-order valence-electron chi connectivity index (χ1n) is 7.47. The lowest BCUT2D eigenvalue weighted by atomic mass is 9.97. The molecule has 1 N–H and O–H groups in total. The van der Waals surface area contributed by atoms with Crippen LogP contribution in [0.25, 0.3) is 6.08 Å². The van der Waals surface area contributed by atoms with Crippen LogP contribution in [0.2, 0.25) is 0 Å². The molecule has 23 heavy (non-hydrogen) atoms. The third-order valence-electron chi connectivity index (χ3n) is 4.00. The number of piperidine rings is 1. The first-order valence-corrected chi connectivity index (χ1v) is 7.47. The van der Waals surface area contributed by atoms with Crippen LogP contribution in [0.4, 0.5) is 0 Å². The van der Waals surface area contributed by atoms with Crippen LogP contribution < -0.4 is 9.47 Å². The second kappa shape index (κ2) is 7.67. The van der Waals surface area contributed by atoms with E-state index in [4.69, 9.17) is 14.6 Å². The van der Waals surface area contributed by atoms with E-state index in [1.165, 1.54) is 6.08 Å². The minimum Gasteiger partial charge on any atom is -0.497 e. The SMILES string of the molecule is COc1ccc(OC)c(/C=C/C(=O)N2CCC(C(=O)O)CC2)c1. The molecular weight excluding hydrogens is 298 g/mol. The summed E-state index contributed by atoms with van der Waals surface area (Å²) in [5, 5.41) is 8.98. The van der Waals surface area contributed by atoms with Crippen LogP contribution in [0.5, 0.6) is 11.5 Å². The van der Waals surface area contributed by atoms with Crippen LogP contribution in [0.1, 0.15) is 18.4 Å². The number of amides is 1. The van der Waals surface area contributed by atoms with Crippen LogP contribution >= 0.6 is 0 Å². The van der Waals surface area contributed by atoms with Crippen molar-refractivity contribution in [2.45, 2.75) is 12.8 Å². The third kappa shape index (κ3) is 4.25. The number of likely N-dealkylation sites (tertiary alicyclic amines) is 1. The van der Waals surface area contributed by atoms with Crippen LogP contribution in [0.3, 0.4) is 0 Å². The lowest BCUT2D eigenvalue weighted by Crippen LogP contribution is -2.39. The van der Waals surface area contributed by atoms with Crippen molar-refractivity contribution in [2.75, 3.05) is 27.3 Å². The molecule has 0 atom stereocenters. The number of nitrogens with zero attached hydrogens (tertiary/aromatic N) is 1. The maximum absolute atomic E-state index is 12.2.